The van der Waals surface area contributed by atoms with Crippen molar-refractivity contribution in [3.05, 3.63) is 82.4 Å². The molecule has 1 atom stereocenters. The highest BCUT2D eigenvalue weighted by Gasteiger charge is 2.42. The van der Waals surface area contributed by atoms with Crippen molar-refractivity contribution < 1.29 is 35.5 Å². The molecule has 37 heavy (non-hydrogen) atoms. The lowest BCUT2D eigenvalue weighted by atomic mass is 9.88. The fourth-order valence-electron chi connectivity index (χ4n) is 4.10. The van der Waals surface area contributed by atoms with E-state index in [0.29, 0.717) is 23.3 Å². The smallest absolute Gasteiger partial charge is 0.368 e. The highest BCUT2D eigenvalue weighted by Crippen LogP contribution is 2.42. The number of nitrogens with two attached hydrogens (primary N) is 1. The number of nitrogens with zero attached hydrogens (tertiary/aromatic N) is 3. The molecule has 0 aliphatic carbocycles. The zero-order valence-electron chi connectivity index (χ0n) is 18.8. The van der Waals surface area contributed by atoms with Crippen LogP contribution in [-0.2, 0) is 23.6 Å². The number of anilines is 2. The zero-order valence-corrected chi connectivity index (χ0v) is 18.8. The normalized spacial score (nSPS) is 16.0. The molecule has 0 saturated carbocycles. The molecule has 1 amide bonds. The van der Waals surface area contributed by atoms with Crippen molar-refractivity contribution >= 4 is 17.5 Å². The summed E-state index contributed by atoms with van der Waals surface area (Å²) in [5.74, 6) is 2.58. The van der Waals surface area contributed by atoms with Gasteiger partial charge in [-0.25, -0.2) is 14.4 Å². The van der Waals surface area contributed by atoms with Crippen molar-refractivity contribution in [2.45, 2.75) is 31.1 Å². The van der Waals surface area contributed by atoms with Crippen molar-refractivity contribution in [2.75, 3.05) is 17.2 Å². The van der Waals surface area contributed by atoms with E-state index in [2.05, 4.69) is 21.8 Å². The second kappa shape index (κ2) is 9.72. The second-order valence-corrected chi connectivity index (χ2v) is 8.22. The summed E-state index contributed by atoms with van der Waals surface area (Å²) in [7, 11) is 0. The van der Waals surface area contributed by atoms with Crippen molar-refractivity contribution in [2.24, 2.45) is 0 Å². The number of halogens is 7. The van der Waals surface area contributed by atoms with Crippen LogP contribution in [0.1, 0.15) is 40.2 Å². The van der Waals surface area contributed by atoms with E-state index < -0.39 is 46.7 Å². The molecule has 0 spiro atoms. The van der Waals surface area contributed by atoms with Crippen molar-refractivity contribution in [3.8, 4) is 11.8 Å². The maximum atomic E-state index is 13.9. The molecule has 1 aliphatic rings. The highest BCUT2D eigenvalue weighted by molar-refractivity contribution is 6.00. The molecule has 3 aromatic rings. The van der Waals surface area contributed by atoms with Gasteiger partial charge in [-0.2, -0.15) is 26.3 Å². The summed E-state index contributed by atoms with van der Waals surface area (Å²) in [6.45, 7) is -0.291. The summed E-state index contributed by atoms with van der Waals surface area (Å²) in [6, 6.07) is 4.78. The van der Waals surface area contributed by atoms with Crippen LogP contribution in [0.15, 0.2) is 48.8 Å². The van der Waals surface area contributed by atoms with E-state index in [0.717, 1.165) is 17.0 Å². The third-order valence-corrected chi connectivity index (χ3v) is 5.80. The molecular weight excluding hydrogens is 505 g/mol. The minimum Gasteiger partial charge on any atom is -0.368 e. The van der Waals surface area contributed by atoms with Crippen LogP contribution >= 0.6 is 0 Å². The van der Waals surface area contributed by atoms with Crippen LogP contribution in [0, 0.1) is 17.7 Å². The van der Waals surface area contributed by atoms with Gasteiger partial charge < -0.3 is 5.73 Å². The molecule has 192 valence electrons. The van der Waals surface area contributed by atoms with Gasteiger partial charge in [0.2, 0.25) is 11.9 Å². The molecule has 4 rings (SSSR count). The Bertz CT molecular complexity index is 1390. The van der Waals surface area contributed by atoms with Gasteiger partial charge >= 0.3 is 12.4 Å². The van der Waals surface area contributed by atoms with Gasteiger partial charge in [0.1, 0.15) is 5.82 Å². The number of aromatic nitrogens is 2. The van der Waals surface area contributed by atoms with Crippen molar-refractivity contribution in [3.63, 3.8) is 0 Å². The molecule has 0 saturated heterocycles. The number of hydrogen-bond donors (Lipinski definition) is 1. The van der Waals surface area contributed by atoms with E-state index in [1.54, 1.807) is 0 Å². The quantitative estimate of drug-likeness (QED) is 0.364. The van der Waals surface area contributed by atoms with Crippen molar-refractivity contribution in [1.29, 1.82) is 0 Å². The molecule has 5 nitrogen and oxygen atoms in total. The molecule has 1 unspecified atom stereocenters. The summed E-state index contributed by atoms with van der Waals surface area (Å²) >= 11 is 0. The van der Waals surface area contributed by atoms with Crippen LogP contribution in [0.4, 0.5) is 42.4 Å². The molecule has 0 fully saturated rings. The first-order valence-electron chi connectivity index (χ1n) is 10.8. The Kier molecular flexibility index (Phi) is 6.82. The Morgan fingerprint density at radius 3 is 2.35 bits per heavy atom. The Morgan fingerprint density at radius 2 is 1.70 bits per heavy atom. The first-order chi connectivity index (χ1) is 17.3. The van der Waals surface area contributed by atoms with Crippen LogP contribution in [0.3, 0.4) is 0 Å². The standard InChI is InChI=1S/C25H17F7N4O/c26-17-5-8-21-15(10-17)3-6-19(18-7-4-16(24(27,28)29)11-20(18)25(30,31)32)22(37)36(21)9-1-2-14-12-34-23(33)35-13-14/h4-5,7-8,10-13,19H,3,6,9H2,(H2,33,34,35). The average molecular weight is 522 g/mol. The first kappa shape index (κ1) is 25.9. The van der Waals surface area contributed by atoms with Crippen LogP contribution in [-0.4, -0.2) is 22.4 Å². The van der Waals surface area contributed by atoms with Crippen LogP contribution in [0.25, 0.3) is 0 Å². The summed E-state index contributed by atoms with van der Waals surface area (Å²) in [5, 5.41) is 0. The van der Waals surface area contributed by atoms with E-state index in [1.165, 1.54) is 18.5 Å². The van der Waals surface area contributed by atoms with E-state index in [1.807, 2.05) is 0 Å². The predicted octanol–water partition coefficient (Wildman–Crippen LogP) is 5.35. The summed E-state index contributed by atoms with van der Waals surface area (Å²) in [4.78, 5) is 22.3. The summed E-state index contributed by atoms with van der Waals surface area (Å²) in [5.41, 5.74) is 2.75. The molecule has 2 heterocycles. The number of carbonyl (C=O) groups is 1. The van der Waals surface area contributed by atoms with Gasteiger partial charge in [0.15, 0.2) is 0 Å². The molecule has 2 aromatic carbocycles. The third-order valence-electron chi connectivity index (χ3n) is 5.80. The Balaban J connectivity index is 1.77. The zero-order chi connectivity index (χ0) is 27.0. The maximum Gasteiger partial charge on any atom is 0.416 e. The van der Waals surface area contributed by atoms with E-state index >= 15 is 0 Å². The number of fused-ring (bicyclic) bond motifs is 1. The van der Waals surface area contributed by atoms with E-state index in [-0.39, 0.29) is 37.1 Å². The van der Waals surface area contributed by atoms with Crippen LogP contribution in [0.2, 0.25) is 0 Å². The third kappa shape index (κ3) is 5.66. The monoisotopic (exact) mass is 522 g/mol. The predicted molar refractivity (Wildman–Crippen MR) is 120 cm³/mol. The number of benzene rings is 2. The van der Waals surface area contributed by atoms with Gasteiger partial charge in [-0.1, -0.05) is 17.9 Å². The SMILES string of the molecule is Nc1ncc(C#CCN2C(=O)C(c3ccc(C(F)(F)F)cc3C(F)(F)F)CCc3cc(F)ccc32)cn1. The van der Waals surface area contributed by atoms with Gasteiger partial charge in [-0.05, 0) is 54.3 Å². The largest absolute Gasteiger partial charge is 0.416 e. The fraction of sp³-hybridized carbons (Fsp3) is 0.240. The van der Waals surface area contributed by atoms with E-state index in [9.17, 15) is 35.5 Å². The van der Waals surface area contributed by atoms with Gasteiger partial charge in [-0.3, -0.25) is 9.69 Å². The lowest BCUT2D eigenvalue weighted by Crippen LogP contribution is -2.35. The Labute approximate surface area is 206 Å². The molecule has 2 N–H and O–H groups in total. The number of alkyl halides is 6. The lowest BCUT2D eigenvalue weighted by molar-refractivity contribution is -0.143. The summed E-state index contributed by atoms with van der Waals surface area (Å²) < 4.78 is 94.9. The minimum absolute atomic E-state index is 0.00552. The van der Waals surface area contributed by atoms with Crippen LogP contribution in [0.5, 0.6) is 0 Å². The number of carbonyl (C=O) groups excluding carboxylic acids is 1. The highest BCUT2D eigenvalue weighted by atomic mass is 19.4. The molecule has 12 heteroatoms. The van der Waals surface area contributed by atoms with Gasteiger partial charge in [0, 0.05) is 18.1 Å². The Hall–Kier alpha value is -4.14. The number of aryl methyl sites for hydroxylation is 1. The lowest BCUT2D eigenvalue weighted by Gasteiger charge is -2.26. The molecule has 1 aromatic heterocycles. The molecule has 0 radical (unpaired) electrons. The van der Waals surface area contributed by atoms with Crippen LogP contribution < -0.4 is 10.6 Å². The van der Waals surface area contributed by atoms with Crippen molar-refractivity contribution in [1.82, 2.24) is 9.97 Å². The number of rotatable bonds is 2. The summed E-state index contributed by atoms with van der Waals surface area (Å²) in [6.07, 6.45) is -7.65. The second-order valence-electron chi connectivity index (χ2n) is 8.22. The topological polar surface area (TPSA) is 72.1 Å². The Morgan fingerprint density at radius 1 is 1.00 bits per heavy atom. The molecule has 0 bridgehead atoms. The minimum atomic E-state index is -5.15. The first-order valence-corrected chi connectivity index (χ1v) is 10.8. The van der Waals surface area contributed by atoms with Gasteiger partial charge in [0.25, 0.3) is 0 Å². The maximum absolute atomic E-state index is 13.9. The average Bonchev–Trinajstić information content (AvgIpc) is 2.95. The molecule has 1 aliphatic heterocycles. The number of nitrogen functional groups attached to an aromatic ring is 1. The molecular formula is C25H17F7N4O. The van der Waals surface area contributed by atoms with Gasteiger partial charge in [0.05, 0.1) is 29.2 Å². The number of hydrogen-bond acceptors (Lipinski definition) is 4. The number of amides is 1. The fourth-order valence-corrected chi connectivity index (χ4v) is 4.10. The van der Waals surface area contributed by atoms with E-state index in [4.69, 9.17) is 5.73 Å². The van der Waals surface area contributed by atoms with Gasteiger partial charge in [-0.15, -0.1) is 0 Å².